The van der Waals surface area contributed by atoms with E-state index in [-0.39, 0.29) is 18.7 Å². The van der Waals surface area contributed by atoms with Crippen LogP contribution in [0.15, 0.2) is 40.8 Å². The molecule has 4 aromatic rings. The zero-order chi connectivity index (χ0) is 26.8. The van der Waals surface area contributed by atoms with Gasteiger partial charge in [-0.05, 0) is 62.3 Å². The number of thiophene rings is 2. The molecule has 198 valence electrons. The molecule has 10 heteroatoms. The van der Waals surface area contributed by atoms with Crippen molar-refractivity contribution in [3.63, 3.8) is 0 Å². The van der Waals surface area contributed by atoms with Crippen molar-refractivity contribution in [3.05, 3.63) is 62.3 Å². The van der Waals surface area contributed by atoms with Gasteiger partial charge < -0.3 is 14.8 Å². The highest BCUT2D eigenvalue weighted by Gasteiger charge is 2.29. The molecule has 5 rings (SSSR count). The van der Waals surface area contributed by atoms with Gasteiger partial charge in [0.25, 0.3) is 5.56 Å². The van der Waals surface area contributed by atoms with Crippen LogP contribution in [0.4, 0.5) is 5.00 Å². The number of ether oxygens (including phenoxy) is 2. The van der Waals surface area contributed by atoms with Crippen molar-refractivity contribution in [2.24, 2.45) is 5.92 Å². The van der Waals surface area contributed by atoms with Crippen LogP contribution in [0.5, 0.6) is 5.75 Å². The third-order valence-corrected chi connectivity index (χ3v) is 8.65. The summed E-state index contributed by atoms with van der Waals surface area (Å²) in [6.07, 6.45) is 4.04. The lowest BCUT2D eigenvalue weighted by Crippen LogP contribution is -2.28. The van der Waals surface area contributed by atoms with Gasteiger partial charge in [-0.2, -0.15) is 0 Å². The SMILES string of the molecule is CCOC(=O)c1c(NC(=O)Cn2cnc3scc(-c4ccc(OCC)cc4)c3c2=O)sc2c1CCC(C)C2. The highest BCUT2D eigenvalue weighted by atomic mass is 32.1. The topological polar surface area (TPSA) is 99.5 Å². The largest absolute Gasteiger partial charge is 0.494 e. The third kappa shape index (κ3) is 5.10. The summed E-state index contributed by atoms with van der Waals surface area (Å²) < 4.78 is 12.1. The number of nitrogens with one attached hydrogen (secondary N) is 1. The molecule has 1 aliphatic rings. The highest BCUT2D eigenvalue weighted by molar-refractivity contribution is 7.17. The lowest BCUT2D eigenvalue weighted by molar-refractivity contribution is -0.116. The number of anilines is 1. The Morgan fingerprint density at radius 1 is 1.18 bits per heavy atom. The van der Waals surface area contributed by atoms with Crippen molar-refractivity contribution >= 4 is 49.8 Å². The summed E-state index contributed by atoms with van der Waals surface area (Å²) in [5.41, 5.74) is 2.77. The first-order valence-electron chi connectivity index (χ1n) is 12.7. The number of aromatic nitrogens is 2. The van der Waals surface area contributed by atoms with E-state index in [1.54, 1.807) is 6.92 Å². The minimum absolute atomic E-state index is 0.221. The number of hydrogen-bond acceptors (Lipinski definition) is 8. The van der Waals surface area contributed by atoms with Crippen LogP contribution in [0.3, 0.4) is 0 Å². The van der Waals surface area contributed by atoms with Crippen molar-refractivity contribution in [2.75, 3.05) is 18.5 Å². The predicted octanol–water partition coefficient (Wildman–Crippen LogP) is 5.53. The van der Waals surface area contributed by atoms with E-state index in [1.807, 2.05) is 36.6 Å². The fraction of sp³-hybridized carbons (Fsp3) is 0.357. The van der Waals surface area contributed by atoms with Gasteiger partial charge in [0.1, 0.15) is 22.1 Å². The van der Waals surface area contributed by atoms with Gasteiger partial charge in [-0.3, -0.25) is 14.2 Å². The van der Waals surface area contributed by atoms with E-state index >= 15 is 0 Å². The normalized spacial score (nSPS) is 14.8. The molecule has 0 fully saturated rings. The first-order chi connectivity index (χ1) is 18.4. The maximum Gasteiger partial charge on any atom is 0.341 e. The average Bonchev–Trinajstić information content (AvgIpc) is 3.48. The Labute approximate surface area is 228 Å². The summed E-state index contributed by atoms with van der Waals surface area (Å²) in [6, 6.07) is 7.55. The maximum atomic E-state index is 13.5. The molecular weight excluding hydrogens is 522 g/mol. The number of benzene rings is 1. The molecule has 0 radical (unpaired) electrons. The molecule has 0 spiro atoms. The maximum absolute atomic E-state index is 13.5. The van der Waals surface area contributed by atoms with Gasteiger partial charge in [0.15, 0.2) is 0 Å². The molecular formula is C28H29N3O5S2. The summed E-state index contributed by atoms with van der Waals surface area (Å²) >= 11 is 2.81. The van der Waals surface area contributed by atoms with Gasteiger partial charge in [-0.1, -0.05) is 19.1 Å². The number of esters is 1. The standard InChI is InChI=1S/C28H29N3O5S2/c1-4-35-18-9-7-17(8-10-18)20-14-37-25-23(20)27(33)31(15-29-25)13-22(32)30-26-24(28(34)36-5-2)19-11-6-16(3)12-21(19)38-26/h7-10,14-16H,4-6,11-13H2,1-3H3,(H,30,32). The summed E-state index contributed by atoms with van der Waals surface area (Å²) in [6.45, 7) is 6.49. The lowest BCUT2D eigenvalue weighted by Gasteiger charge is -2.18. The Balaban J connectivity index is 1.42. The van der Waals surface area contributed by atoms with E-state index in [1.165, 1.54) is 33.6 Å². The number of nitrogens with zero attached hydrogens (tertiary/aromatic N) is 2. The summed E-state index contributed by atoms with van der Waals surface area (Å²) in [7, 11) is 0. The molecule has 1 amide bonds. The zero-order valence-corrected chi connectivity index (χ0v) is 23.2. The van der Waals surface area contributed by atoms with Crippen molar-refractivity contribution in [3.8, 4) is 16.9 Å². The fourth-order valence-electron chi connectivity index (χ4n) is 4.77. The van der Waals surface area contributed by atoms with Crippen LogP contribution in [0.25, 0.3) is 21.3 Å². The van der Waals surface area contributed by atoms with Crippen LogP contribution < -0.4 is 15.6 Å². The Morgan fingerprint density at radius 3 is 2.71 bits per heavy atom. The van der Waals surface area contributed by atoms with Crippen molar-refractivity contribution in [1.29, 1.82) is 0 Å². The molecule has 38 heavy (non-hydrogen) atoms. The Kier molecular flexibility index (Phi) is 7.62. The van der Waals surface area contributed by atoms with E-state index in [4.69, 9.17) is 9.47 Å². The van der Waals surface area contributed by atoms with Gasteiger partial charge in [0, 0.05) is 15.8 Å². The van der Waals surface area contributed by atoms with Crippen molar-refractivity contribution < 1.29 is 19.1 Å². The number of carbonyl (C=O) groups is 2. The smallest absolute Gasteiger partial charge is 0.341 e. The first kappa shape index (κ1) is 26.1. The average molecular weight is 552 g/mol. The fourth-order valence-corrected chi connectivity index (χ4v) is 7.09. The van der Waals surface area contributed by atoms with E-state index in [9.17, 15) is 14.4 Å². The van der Waals surface area contributed by atoms with E-state index < -0.39 is 11.9 Å². The van der Waals surface area contributed by atoms with Gasteiger partial charge in [-0.25, -0.2) is 9.78 Å². The number of rotatable bonds is 8. The molecule has 1 N–H and O–H groups in total. The van der Waals surface area contributed by atoms with Crippen LogP contribution >= 0.6 is 22.7 Å². The van der Waals surface area contributed by atoms with E-state index in [2.05, 4.69) is 17.2 Å². The number of hydrogen-bond donors (Lipinski definition) is 1. The lowest BCUT2D eigenvalue weighted by atomic mass is 9.88. The molecule has 0 aliphatic heterocycles. The van der Waals surface area contributed by atoms with E-state index in [0.29, 0.717) is 33.3 Å². The second kappa shape index (κ2) is 11.1. The summed E-state index contributed by atoms with van der Waals surface area (Å²) in [4.78, 5) is 45.5. The predicted molar refractivity (Wildman–Crippen MR) is 151 cm³/mol. The summed E-state index contributed by atoms with van der Waals surface area (Å²) in [5.74, 6) is 0.456. The second-order valence-corrected chi connectivity index (χ2v) is 11.3. The van der Waals surface area contributed by atoms with Crippen molar-refractivity contribution in [2.45, 2.75) is 46.6 Å². The molecule has 1 unspecified atom stereocenters. The highest BCUT2D eigenvalue weighted by Crippen LogP contribution is 2.40. The molecule has 0 saturated heterocycles. The van der Waals surface area contributed by atoms with Gasteiger partial charge in [0.2, 0.25) is 5.91 Å². The Morgan fingerprint density at radius 2 is 1.97 bits per heavy atom. The molecule has 3 aromatic heterocycles. The molecule has 3 heterocycles. The van der Waals surface area contributed by atoms with Crippen LogP contribution in [0.2, 0.25) is 0 Å². The van der Waals surface area contributed by atoms with Crippen LogP contribution in [0.1, 0.15) is 48.0 Å². The molecule has 1 aromatic carbocycles. The molecule has 0 bridgehead atoms. The van der Waals surface area contributed by atoms with Gasteiger partial charge >= 0.3 is 5.97 Å². The summed E-state index contributed by atoms with van der Waals surface area (Å²) in [5, 5.41) is 5.75. The van der Waals surface area contributed by atoms with E-state index in [0.717, 1.165) is 46.6 Å². The molecule has 1 aliphatic carbocycles. The first-order valence-corrected chi connectivity index (χ1v) is 14.4. The molecule has 8 nitrogen and oxygen atoms in total. The van der Waals surface area contributed by atoms with Crippen molar-refractivity contribution in [1.82, 2.24) is 9.55 Å². The van der Waals surface area contributed by atoms with Crippen LogP contribution in [-0.4, -0.2) is 34.6 Å². The quantitative estimate of drug-likeness (QED) is 0.289. The zero-order valence-electron chi connectivity index (χ0n) is 21.5. The third-order valence-electron chi connectivity index (χ3n) is 6.60. The monoisotopic (exact) mass is 551 g/mol. The molecule has 1 atom stereocenters. The second-order valence-electron chi connectivity index (χ2n) is 9.29. The van der Waals surface area contributed by atoms with Crippen LogP contribution in [-0.2, 0) is 28.9 Å². The number of amides is 1. The van der Waals surface area contributed by atoms with Crippen LogP contribution in [0, 0.1) is 5.92 Å². The Hall–Kier alpha value is -3.50. The minimum atomic E-state index is -0.423. The van der Waals surface area contributed by atoms with Gasteiger partial charge in [0.05, 0.1) is 30.5 Å². The Bertz CT molecular complexity index is 1550. The molecule has 0 saturated carbocycles. The number of fused-ring (bicyclic) bond motifs is 2. The van der Waals surface area contributed by atoms with Gasteiger partial charge in [-0.15, -0.1) is 22.7 Å². The minimum Gasteiger partial charge on any atom is -0.494 e. The number of carbonyl (C=O) groups excluding carboxylic acids is 2.